The first-order chi connectivity index (χ1) is 23.8. The molecule has 1 amide bonds. The van der Waals surface area contributed by atoms with Gasteiger partial charge in [-0.3, -0.25) is 4.79 Å². The second kappa shape index (κ2) is 13.9. The van der Waals surface area contributed by atoms with Crippen molar-refractivity contribution in [1.82, 2.24) is 28.8 Å². The first-order valence-corrected chi connectivity index (χ1v) is 19.3. The Morgan fingerprint density at radius 1 is 1.06 bits per heavy atom. The van der Waals surface area contributed by atoms with Crippen LogP contribution < -0.4 is 14.4 Å². The summed E-state index contributed by atoms with van der Waals surface area (Å²) in [5.41, 5.74) is 0.392. The van der Waals surface area contributed by atoms with Gasteiger partial charge in [-0.25, -0.2) is 14.4 Å². The molecule has 0 unspecified atom stereocenters. The van der Waals surface area contributed by atoms with E-state index in [2.05, 4.69) is 24.5 Å². The molecule has 5 aliphatic heterocycles. The van der Waals surface area contributed by atoms with E-state index in [0.717, 1.165) is 58.4 Å². The standard InChI is InChI=1S/C35H50FN7O6S/c1-24(2)43(25(3)4)33(44)29-13-26(36)5-8-30(29)49-31-14-37-23-38-32(31)41-17-34(18-41)9-11-40(12-10-34)15-28-7-6-27(16-48-28)39-50(45,46)42-19-35(20-42)21-47-22-35/h5,8,13-14,23-25,27-28,39H,6-7,9-12,15-22H2,1-4H3/t27-,28+/m1/s1. The zero-order valence-electron chi connectivity index (χ0n) is 29.5. The Kier molecular flexibility index (Phi) is 9.84. The molecule has 7 rings (SSSR count). The number of carbonyl (C=O) groups excluding carboxylic acids is 1. The van der Waals surface area contributed by atoms with E-state index in [0.29, 0.717) is 44.5 Å². The molecule has 5 aliphatic rings. The van der Waals surface area contributed by atoms with Crippen molar-refractivity contribution in [3.8, 4) is 11.5 Å². The average molecular weight is 716 g/mol. The van der Waals surface area contributed by atoms with Gasteiger partial charge in [0.05, 0.1) is 37.7 Å². The molecule has 2 atom stereocenters. The van der Waals surface area contributed by atoms with Gasteiger partial charge in [0.15, 0.2) is 11.6 Å². The highest BCUT2D eigenvalue weighted by Crippen LogP contribution is 2.45. The van der Waals surface area contributed by atoms with Gasteiger partial charge in [0.2, 0.25) is 0 Å². The van der Waals surface area contributed by atoms with Crippen LogP contribution in [0.25, 0.3) is 0 Å². The van der Waals surface area contributed by atoms with Gasteiger partial charge in [-0.1, -0.05) is 0 Å². The van der Waals surface area contributed by atoms with Crippen molar-refractivity contribution >= 4 is 21.9 Å². The third kappa shape index (κ3) is 7.22. The van der Waals surface area contributed by atoms with Crippen molar-refractivity contribution in [3.05, 3.63) is 42.1 Å². The van der Waals surface area contributed by atoms with Gasteiger partial charge >= 0.3 is 0 Å². The number of piperidine rings is 1. The van der Waals surface area contributed by atoms with Crippen molar-refractivity contribution in [1.29, 1.82) is 0 Å². The molecule has 0 radical (unpaired) electrons. The van der Waals surface area contributed by atoms with E-state index in [-0.39, 0.29) is 52.3 Å². The second-order valence-electron chi connectivity index (χ2n) is 15.6. The van der Waals surface area contributed by atoms with E-state index in [1.54, 1.807) is 11.1 Å². The molecule has 15 heteroatoms. The van der Waals surface area contributed by atoms with Crippen LogP contribution in [0.15, 0.2) is 30.7 Å². The van der Waals surface area contributed by atoms with Crippen molar-refractivity contribution in [3.63, 3.8) is 0 Å². The maximum atomic E-state index is 14.4. The molecule has 274 valence electrons. The number of benzene rings is 1. The molecule has 13 nitrogen and oxygen atoms in total. The maximum absolute atomic E-state index is 14.4. The molecular weight excluding hydrogens is 665 g/mol. The predicted molar refractivity (Wildman–Crippen MR) is 185 cm³/mol. The van der Waals surface area contributed by atoms with Crippen LogP contribution in [-0.4, -0.2) is 128 Å². The van der Waals surface area contributed by atoms with Gasteiger partial charge in [0, 0.05) is 61.7 Å². The first-order valence-electron chi connectivity index (χ1n) is 17.9. The second-order valence-corrected chi connectivity index (χ2v) is 17.3. The Morgan fingerprint density at radius 2 is 1.78 bits per heavy atom. The minimum atomic E-state index is -3.50. The summed E-state index contributed by atoms with van der Waals surface area (Å²) in [5, 5.41) is 0. The predicted octanol–water partition coefficient (Wildman–Crippen LogP) is 3.28. The number of hydrogen-bond acceptors (Lipinski definition) is 10. The summed E-state index contributed by atoms with van der Waals surface area (Å²) < 4.78 is 62.0. The SMILES string of the molecule is CC(C)N(C(=O)c1cc(F)ccc1Oc1cncnc1N1CC2(CCN(C[C@@H]3CC[C@@H](NS(=O)(=O)N4CC5(COC5)C4)CO3)CC2)C1)C(C)C. The largest absolute Gasteiger partial charge is 0.451 e. The molecular formula is C35H50FN7O6S. The van der Waals surface area contributed by atoms with E-state index in [1.165, 1.54) is 28.8 Å². The summed E-state index contributed by atoms with van der Waals surface area (Å²) in [6.07, 6.45) is 6.89. The van der Waals surface area contributed by atoms with Crippen LogP contribution in [0.2, 0.25) is 0 Å². The van der Waals surface area contributed by atoms with E-state index in [1.807, 2.05) is 27.7 Å². The van der Waals surface area contributed by atoms with Crippen LogP contribution in [0.1, 0.15) is 63.7 Å². The molecule has 1 N–H and O–H groups in total. The van der Waals surface area contributed by atoms with Gasteiger partial charge in [0.25, 0.3) is 16.1 Å². The fourth-order valence-corrected chi connectivity index (χ4v) is 9.85. The van der Waals surface area contributed by atoms with E-state index < -0.39 is 16.0 Å². The zero-order valence-corrected chi connectivity index (χ0v) is 30.3. The molecule has 0 bridgehead atoms. The normalized spacial score (nSPS) is 25.0. The Labute approximate surface area is 294 Å². The Hall–Kier alpha value is -2.95. The van der Waals surface area contributed by atoms with Gasteiger partial charge in [-0.2, -0.15) is 17.4 Å². The number of ether oxygens (including phenoxy) is 3. The first kappa shape index (κ1) is 35.5. The lowest BCUT2D eigenvalue weighted by Gasteiger charge is -2.54. The highest BCUT2D eigenvalue weighted by Gasteiger charge is 2.53. The third-order valence-corrected chi connectivity index (χ3v) is 12.6. The molecule has 2 spiro atoms. The van der Waals surface area contributed by atoms with Crippen molar-refractivity contribution in [2.45, 2.75) is 77.6 Å². The van der Waals surface area contributed by atoms with Gasteiger partial charge in [0.1, 0.15) is 17.9 Å². The molecule has 1 aromatic carbocycles. The lowest BCUT2D eigenvalue weighted by Crippen LogP contribution is -2.69. The fraction of sp³-hybridized carbons (Fsp3) is 0.686. The molecule has 6 heterocycles. The molecule has 0 saturated carbocycles. The Morgan fingerprint density at radius 3 is 2.40 bits per heavy atom. The number of nitrogens with zero attached hydrogens (tertiary/aromatic N) is 6. The molecule has 1 aromatic heterocycles. The number of carbonyl (C=O) groups is 1. The van der Waals surface area contributed by atoms with E-state index in [9.17, 15) is 17.6 Å². The number of likely N-dealkylation sites (tertiary alicyclic amines) is 1. The minimum Gasteiger partial charge on any atom is -0.451 e. The van der Waals surface area contributed by atoms with Crippen LogP contribution in [0.4, 0.5) is 10.2 Å². The zero-order chi connectivity index (χ0) is 35.3. The monoisotopic (exact) mass is 715 g/mol. The van der Waals surface area contributed by atoms with Crippen molar-refractivity contribution < 1.29 is 31.8 Å². The number of hydrogen-bond donors (Lipinski definition) is 1. The number of aromatic nitrogens is 2. The van der Waals surface area contributed by atoms with Gasteiger partial charge in [-0.15, -0.1) is 0 Å². The Bertz CT molecular complexity index is 1630. The van der Waals surface area contributed by atoms with Crippen LogP contribution in [0, 0.1) is 16.6 Å². The molecule has 0 aliphatic carbocycles. The molecule has 50 heavy (non-hydrogen) atoms. The maximum Gasteiger partial charge on any atom is 0.279 e. The highest BCUT2D eigenvalue weighted by molar-refractivity contribution is 7.87. The number of anilines is 1. The quantitative estimate of drug-likeness (QED) is 0.370. The summed E-state index contributed by atoms with van der Waals surface area (Å²) in [6.45, 7) is 15.0. The van der Waals surface area contributed by atoms with E-state index in [4.69, 9.17) is 14.2 Å². The number of amides is 1. The third-order valence-electron chi connectivity index (χ3n) is 11.0. The fourth-order valence-electron chi connectivity index (χ4n) is 8.20. The lowest BCUT2D eigenvalue weighted by atomic mass is 9.72. The summed E-state index contributed by atoms with van der Waals surface area (Å²) >= 11 is 0. The van der Waals surface area contributed by atoms with Gasteiger partial charge in [-0.05, 0) is 84.7 Å². The Balaban J connectivity index is 0.891. The average Bonchev–Trinajstić information content (AvgIpc) is 3.00. The molecule has 2 aromatic rings. The lowest BCUT2D eigenvalue weighted by molar-refractivity contribution is -0.167. The van der Waals surface area contributed by atoms with Crippen molar-refractivity contribution in [2.75, 3.05) is 70.5 Å². The van der Waals surface area contributed by atoms with Crippen LogP contribution in [0.5, 0.6) is 11.5 Å². The number of halogens is 1. The minimum absolute atomic E-state index is 0.0442. The topological polar surface area (TPSA) is 130 Å². The van der Waals surface area contributed by atoms with Crippen LogP contribution >= 0.6 is 0 Å². The summed E-state index contributed by atoms with van der Waals surface area (Å²) in [6, 6.07) is 3.69. The smallest absolute Gasteiger partial charge is 0.279 e. The number of rotatable bonds is 11. The van der Waals surface area contributed by atoms with Crippen LogP contribution in [-0.2, 0) is 19.7 Å². The van der Waals surface area contributed by atoms with Crippen molar-refractivity contribution in [2.24, 2.45) is 10.8 Å². The summed E-state index contributed by atoms with van der Waals surface area (Å²) in [4.78, 5) is 28.7. The highest BCUT2D eigenvalue weighted by atomic mass is 32.2. The number of nitrogens with one attached hydrogen (secondary N) is 1. The van der Waals surface area contributed by atoms with Gasteiger partial charge < -0.3 is 28.9 Å². The molecule has 5 fully saturated rings. The summed E-state index contributed by atoms with van der Waals surface area (Å²) in [7, 11) is -3.50. The van der Waals surface area contributed by atoms with E-state index >= 15 is 0 Å². The molecule has 5 saturated heterocycles. The van der Waals surface area contributed by atoms with Crippen LogP contribution in [0.3, 0.4) is 0 Å². The summed E-state index contributed by atoms with van der Waals surface area (Å²) in [5.74, 6) is 0.561.